The average molecular weight is 387 g/mol. The van der Waals surface area contributed by atoms with Gasteiger partial charge in [0.15, 0.2) is 5.54 Å². The lowest BCUT2D eigenvalue weighted by Crippen LogP contribution is -2.40. The van der Waals surface area contributed by atoms with Crippen molar-refractivity contribution in [3.05, 3.63) is 82.0 Å². The molecular formula is C22H17N3O2S. The SMILES string of the molecule is CC1(c2cccs2)NC(=O)N(Cc2ccc(-c3ccccc3C#N)cc2)C1=O. The summed E-state index contributed by atoms with van der Waals surface area (Å²) in [7, 11) is 0. The standard InChI is InChI=1S/C22H17N3O2S/c1-22(19-7-4-12-28-19)20(26)25(21(27)24-22)14-15-8-10-16(11-9-15)18-6-3-2-5-17(18)13-23/h2-12H,14H2,1H3,(H,24,27). The molecule has 0 radical (unpaired) electrons. The molecule has 0 aliphatic carbocycles. The highest BCUT2D eigenvalue weighted by Gasteiger charge is 2.49. The zero-order valence-corrected chi connectivity index (χ0v) is 16.0. The Kier molecular flexibility index (Phi) is 4.46. The van der Waals surface area contributed by atoms with Gasteiger partial charge in [0.1, 0.15) is 0 Å². The Bertz CT molecular complexity index is 1080. The molecule has 28 heavy (non-hydrogen) atoms. The first-order valence-corrected chi connectivity index (χ1v) is 9.67. The first-order chi connectivity index (χ1) is 13.5. The average Bonchev–Trinajstić information content (AvgIpc) is 3.33. The molecule has 1 aliphatic rings. The number of hydrogen-bond acceptors (Lipinski definition) is 4. The fourth-order valence-electron chi connectivity index (χ4n) is 3.38. The molecule has 2 aromatic carbocycles. The molecule has 3 amide bonds. The van der Waals surface area contributed by atoms with E-state index in [1.54, 1.807) is 13.0 Å². The van der Waals surface area contributed by atoms with Gasteiger partial charge in [-0.25, -0.2) is 4.79 Å². The van der Waals surface area contributed by atoms with Crippen LogP contribution in [-0.4, -0.2) is 16.8 Å². The molecule has 1 fully saturated rings. The quantitative estimate of drug-likeness (QED) is 0.680. The van der Waals surface area contributed by atoms with E-state index in [2.05, 4.69) is 11.4 Å². The summed E-state index contributed by atoms with van der Waals surface area (Å²) >= 11 is 1.45. The second-order valence-electron chi connectivity index (χ2n) is 6.78. The predicted molar refractivity (Wildman–Crippen MR) is 107 cm³/mol. The Morgan fingerprint density at radius 2 is 1.82 bits per heavy atom. The van der Waals surface area contributed by atoms with E-state index in [9.17, 15) is 14.9 Å². The summed E-state index contributed by atoms with van der Waals surface area (Å²) in [6, 6.07) is 20.5. The number of carbonyl (C=O) groups is 2. The van der Waals surface area contributed by atoms with Crippen LogP contribution in [0.5, 0.6) is 0 Å². The van der Waals surface area contributed by atoms with Crippen LogP contribution in [0.25, 0.3) is 11.1 Å². The van der Waals surface area contributed by atoms with Gasteiger partial charge in [0.2, 0.25) is 0 Å². The molecule has 3 aromatic rings. The van der Waals surface area contributed by atoms with E-state index in [-0.39, 0.29) is 18.5 Å². The molecular weight excluding hydrogens is 370 g/mol. The molecule has 5 nitrogen and oxygen atoms in total. The molecule has 4 rings (SSSR count). The number of hydrogen-bond donors (Lipinski definition) is 1. The largest absolute Gasteiger partial charge is 0.325 e. The van der Waals surface area contributed by atoms with Gasteiger partial charge in [0.05, 0.1) is 18.2 Å². The van der Waals surface area contributed by atoms with Crippen LogP contribution in [0.2, 0.25) is 0 Å². The van der Waals surface area contributed by atoms with Crippen LogP contribution in [0.4, 0.5) is 4.79 Å². The first-order valence-electron chi connectivity index (χ1n) is 8.79. The smallest absolute Gasteiger partial charge is 0.319 e. The van der Waals surface area contributed by atoms with Crippen molar-refractivity contribution in [2.45, 2.75) is 19.0 Å². The van der Waals surface area contributed by atoms with E-state index in [4.69, 9.17) is 0 Å². The molecule has 1 unspecified atom stereocenters. The normalized spacial score (nSPS) is 18.8. The highest BCUT2D eigenvalue weighted by atomic mass is 32.1. The summed E-state index contributed by atoms with van der Waals surface area (Å²) in [5.74, 6) is -0.251. The summed E-state index contributed by atoms with van der Waals surface area (Å²) in [5, 5.41) is 14.0. The van der Waals surface area contributed by atoms with Gasteiger partial charge < -0.3 is 5.32 Å². The van der Waals surface area contributed by atoms with Gasteiger partial charge in [-0.05, 0) is 41.1 Å². The van der Waals surface area contributed by atoms with Crippen LogP contribution in [0, 0.1) is 11.3 Å². The number of imide groups is 1. The van der Waals surface area contributed by atoms with E-state index in [1.807, 2.05) is 60.0 Å². The number of benzene rings is 2. The number of urea groups is 1. The van der Waals surface area contributed by atoms with E-state index in [0.717, 1.165) is 21.6 Å². The van der Waals surface area contributed by atoms with Crippen LogP contribution < -0.4 is 5.32 Å². The minimum absolute atomic E-state index is 0.200. The third-order valence-corrected chi connectivity index (χ3v) is 6.03. The van der Waals surface area contributed by atoms with Gasteiger partial charge in [0.25, 0.3) is 5.91 Å². The van der Waals surface area contributed by atoms with Crippen molar-refractivity contribution in [3.8, 4) is 17.2 Å². The second-order valence-corrected chi connectivity index (χ2v) is 7.73. The lowest BCUT2D eigenvalue weighted by molar-refractivity contribution is -0.131. The van der Waals surface area contributed by atoms with E-state index < -0.39 is 5.54 Å². The molecule has 0 spiro atoms. The molecule has 0 bridgehead atoms. The number of thiophene rings is 1. The van der Waals surface area contributed by atoms with E-state index in [1.165, 1.54) is 16.2 Å². The van der Waals surface area contributed by atoms with Gasteiger partial charge >= 0.3 is 6.03 Å². The Morgan fingerprint density at radius 3 is 2.50 bits per heavy atom. The molecule has 1 aliphatic heterocycles. The van der Waals surface area contributed by atoms with E-state index >= 15 is 0 Å². The van der Waals surface area contributed by atoms with Crippen LogP contribution in [0.1, 0.15) is 22.9 Å². The molecule has 138 valence electrons. The van der Waals surface area contributed by atoms with Crippen molar-refractivity contribution in [2.75, 3.05) is 0 Å². The van der Waals surface area contributed by atoms with Crippen LogP contribution in [-0.2, 0) is 16.9 Å². The number of rotatable bonds is 4. The van der Waals surface area contributed by atoms with Gasteiger partial charge in [-0.1, -0.05) is 48.5 Å². The van der Waals surface area contributed by atoms with Crippen molar-refractivity contribution in [3.63, 3.8) is 0 Å². The third kappa shape index (κ3) is 2.96. The molecule has 6 heteroatoms. The summed E-state index contributed by atoms with van der Waals surface area (Å²) in [5.41, 5.74) is 2.21. The Labute approximate surface area is 166 Å². The lowest BCUT2D eigenvalue weighted by Gasteiger charge is -2.20. The maximum atomic E-state index is 12.9. The summed E-state index contributed by atoms with van der Waals surface area (Å²) < 4.78 is 0. The fraction of sp³-hybridized carbons (Fsp3) is 0.136. The molecule has 1 atom stereocenters. The minimum Gasteiger partial charge on any atom is -0.319 e. The maximum Gasteiger partial charge on any atom is 0.325 e. The third-order valence-electron chi connectivity index (χ3n) is 4.94. The predicted octanol–water partition coefficient (Wildman–Crippen LogP) is 4.25. The number of nitrogens with one attached hydrogen (secondary N) is 1. The topological polar surface area (TPSA) is 73.2 Å². The first kappa shape index (κ1) is 18.0. The molecule has 2 heterocycles. The Hall–Kier alpha value is -3.43. The van der Waals surface area contributed by atoms with Crippen molar-refractivity contribution in [1.29, 1.82) is 5.26 Å². The second kappa shape index (κ2) is 6.95. The van der Waals surface area contributed by atoms with Gasteiger partial charge in [-0.2, -0.15) is 5.26 Å². The van der Waals surface area contributed by atoms with Crippen molar-refractivity contribution < 1.29 is 9.59 Å². The zero-order valence-electron chi connectivity index (χ0n) is 15.2. The number of amides is 3. The summed E-state index contributed by atoms with van der Waals surface area (Å²) in [4.78, 5) is 27.4. The van der Waals surface area contributed by atoms with Crippen LogP contribution in [0.15, 0.2) is 66.0 Å². The molecule has 1 saturated heterocycles. The summed E-state index contributed by atoms with van der Waals surface area (Å²) in [6.45, 7) is 1.94. The monoisotopic (exact) mass is 387 g/mol. The molecule has 0 saturated carbocycles. The highest BCUT2D eigenvalue weighted by Crippen LogP contribution is 2.33. The number of nitriles is 1. The fourth-order valence-corrected chi connectivity index (χ4v) is 4.21. The van der Waals surface area contributed by atoms with Gasteiger partial charge in [-0.15, -0.1) is 11.3 Å². The highest BCUT2D eigenvalue weighted by molar-refractivity contribution is 7.10. The summed E-state index contributed by atoms with van der Waals surface area (Å²) in [6.07, 6.45) is 0. The van der Waals surface area contributed by atoms with Gasteiger partial charge in [-0.3, -0.25) is 9.69 Å². The maximum absolute atomic E-state index is 12.9. The van der Waals surface area contributed by atoms with Crippen molar-refractivity contribution >= 4 is 23.3 Å². The van der Waals surface area contributed by atoms with E-state index in [0.29, 0.717) is 5.56 Å². The van der Waals surface area contributed by atoms with Crippen molar-refractivity contribution in [1.82, 2.24) is 10.2 Å². The van der Waals surface area contributed by atoms with Crippen LogP contribution >= 0.6 is 11.3 Å². The molecule has 1 N–H and O–H groups in total. The van der Waals surface area contributed by atoms with Gasteiger partial charge in [0, 0.05) is 4.88 Å². The number of nitrogens with zero attached hydrogens (tertiary/aromatic N) is 2. The molecule has 1 aromatic heterocycles. The lowest BCUT2D eigenvalue weighted by atomic mass is 9.99. The zero-order chi connectivity index (χ0) is 19.7. The Balaban J connectivity index is 1.56. The Morgan fingerprint density at radius 1 is 1.07 bits per heavy atom. The number of carbonyl (C=O) groups excluding carboxylic acids is 2. The van der Waals surface area contributed by atoms with Crippen LogP contribution in [0.3, 0.4) is 0 Å². The van der Waals surface area contributed by atoms with Crippen molar-refractivity contribution in [2.24, 2.45) is 0 Å². The minimum atomic E-state index is -1.02.